The summed E-state index contributed by atoms with van der Waals surface area (Å²) in [5.41, 5.74) is 2.35. The molecule has 0 radical (unpaired) electrons. The average molecular weight is 922 g/mol. The summed E-state index contributed by atoms with van der Waals surface area (Å²) in [6.45, 7) is 16.0. The molecule has 4 unspecified atom stereocenters. The highest BCUT2D eigenvalue weighted by Gasteiger charge is 2.38. The summed E-state index contributed by atoms with van der Waals surface area (Å²) in [5.74, 6) is 1.37. The number of nitrogens with zero attached hydrogens (tertiary/aromatic N) is 3. The van der Waals surface area contributed by atoms with Crippen LogP contribution in [0.5, 0.6) is 11.5 Å². The molecule has 1 aliphatic rings. The summed E-state index contributed by atoms with van der Waals surface area (Å²) in [5, 5.41) is 0. The first-order valence-electron chi connectivity index (χ1n) is 24.0. The fraction of sp³-hybridized carbons (Fsp3) is 0.537. The highest BCUT2D eigenvalue weighted by Crippen LogP contribution is 2.45. The van der Waals surface area contributed by atoms with Gasteiger partial charge in [0.15, 0.2) is 0 Å². The van der Waals surface area contributed by atoms with Gasteiger partial charge in [0, 0.05) is 42.7 Å². The van der Waals surface area contributed by atoms with Gasteiger partial charge in [-0.15, -0.1) is 0 Å². The third-order valence-corrected chi connectivity index (χ3v) is 13.5. The Bertz CT molecular complexity index is 2090. The van der Waals surface area contributed by atoms with Crippen LogP contribution < -0.4 is 9.47 Å². The SMILES string of the molecule is CCC(C)CCCC(C)CCCC(C)CCC1(C)CCc2c(C)c(OC(=O)OCCC(COC(=O)c3cccnc3)(COC(=O)c3cccnc3)COC(=O)c3cccnc3)c(C)c(C)c2O1. The van der Waals surface area contributed by atoms with Crippen LogP contribution in [0.25, 0.3) is 0 Å². The monoisotopic (exact) mass is 922 g/mol. The van der Waals surface area contributed by atoms with Crippen LogP contribution in [0.3, 0.4) is 0 Å². The molecule has 3 aromatic heterocycles. The molecule has 0 amide bonds. The number of hydrogen-bond acceptors (Lipinski definition) is 13. The average Bonchev–Trinajstić information content (AvgIpc) is 3.34. The van der Waals surface area contributed by atoms with E-state index >= 15 is 0 Å². The van der Waals surface area contributed by atoms with Crippen molar-refractivity contribution in [2.24, 2.45) is 23.2 Å². The summed E-state index contributed by atoms with van der Waals surface area (Å²) in [7, 11) is 0. The standard InChI is InChI=1S/C54H71N3O10/c1-9-37(2)15-10-16-38(3)17-11-18-39(4)22-24-53(8)25-23-46-42(7)47(40(5)41(6)48(46)67-53)66-52(61)62-30-26-54(34-63-49(58)43-19-12-27-55-31-43,35-64-50(59)44-20-13-28-56-32-44)36-65-51(60)45-21-14-29-57-33-45/h12-14,19-21,27-29,31-33,37-39H,9-11,15-18,22-26,30,34-36H2,1-8H3. The van der Waals surface area contributed by atoms with Crippen molar-refractivity contribution in [1.29, 1.82) is 0 Å². The number of hydrogen-bond donors (Lipinski definition) is 0. The van der Waals surface area contributed by atoms with Crippen LogP contribution in [0, 0.1) is 43.9 Å². The minimum Gasteiger partial charge on any atom is -0.487 e. The number of pyridine rings is 3. The van der Waals surface area contributed by atoms with Crippen molar-refractivity contribution < 1.29 is 47.6 Å². The van der Waals surface area contributed by atoms with Crippen LogP contribution in [-0.4, -0.2) is 71.0 Å². The van der Waals surface area contributed by atoms with Crippen LogP contribution in [0.1, 0.15) is 159 Å². The molecule has 0 aliphatic carbocycles. The highest BCUT2D eigenvalue weighted by molar-refractivity contribution is 5.90. The van der Waals surface area contributed by atoms with Crippen molar-refractivity contribution in [3.63, 3.8) is 0 Å². The molecule has 0 N–H and O–H groups in total. The van der Waals surface area contributed by atoms with Crippen LogP contribution in [0.4, 0.5) is 4.79 Å². The maximum Gasteiger partial charge on any atom is 0.513 e. The smallest absolute Gasteiger partial charge is 0.487 e. The summed E-state index contributed by atoms with van der Waals surface area (Å²) < 4.78 is 35.7. The molecule has 1 aromatic carbocycles. The fourth-order valence-corrected chi connectivity index (χ4v) is 8.45. The maximum absolute atomic E-state index is 13.5. The quantitative estimate of drug-likeness (QED) is 0.0351. The highest BCUT2D eigenvalue weighted by atomic mass is 16.7. The van der Waals surface area contributed by atoms with E-state index in [9.17, 15) is 19.2 Å². The van der Waals surface area contributed by atoms with Gasteiger partial charge in [-0.25, -0.2) is 19.2 Å². The molecule has 13 heteroatoms. The number of rotatable bonds is 25. The lowest BCUT2D eigenvalue weighted by atomic mass is 9.83. The topological polar surface area (TPSA) is 162 Å². The lowest BCUT2D eigenvalue weighted by molar-refractivity contribution is -0.0480. The van der Waals surface area contributed by atoms with Crippen molar-refractivity contribution in [2.75, 3.05) is 26.4 Å². The summed E-state index contributed by atoms with van der Waals surface area (Å²) in [6.07, 6.45) is 20.3. The lowest BCUT2D eigenvalue weighted by Crippen LogP contribution is -2.41. The number of carbonyl (C=O) groups is 4. The first kappa shape index (κ1) is 52.1. The normalized spacial score (nSPS) is 15.8. The molecular weight excluding hydrogens is 851 g/mol. The van der Waals surface area contributed by atoms with E-state index in [2.05, 4.69) is 49.6 Å². The van der Waals surface area contributed by atoms with Gasteiger partial charge in [-0.3, -0.25) is 15.0 Å². The Kier molecular flexibility index (Phi) is 19.7. The van der Waals surface area contributed by atoms with Crippen LogP contribution >= 0.6 is 0 Å². The first-order chi connectivity index (χ1) is 32.1. The van der Waals surface area contributed by atoms with Gasteiger partial charge in [-0.05, 0) is 131 Å². The molecule has 4 heterocycles. The van der Waals surface area contributed by atoms with Gasteiger partial charge in [0.25, 0.3) is 0 Å². The number of benzene rings is 1. The molecular formula is C54H71N3O10. The number of ether oxygens (including phenoxy) is 6. The molecule has 0 saturated heterocycles. The number of esters is 3. The third-order valence-electron chi connectivity index (χ3n) is 13.5. The Morgan fingerprint density at radius 2 is 1.15 bits per heavy atom. The molecule has 362 valence electrons. The van der Waals surface area contributed by atoms with E-state index in [1.54, 1.807) is 36.4 Å². The first-order valence-corrected chi connectivity index (χ1v) is 24.0. The van der Waals surface area contributed by atoms with Crippen molar-refractivity contribution in [3.8, 4) is 11.5 Å². The summed E-state index contributed by atoms with van der Waals surface area (Å²) >= 11 is 0. The van der Waals surface area contributed by atoms with Crippen molar-refractivity contribution in [2.45, 2.75) is 138 Å². The molecule has 5 rings (SSSR count). The van der Waals surface area contributed by atoms with Crippen molar-refractivity contribution in [1.82, 2.24) is 15.0 Å². The van der Waals surface area contributed by atoms with E-state index in [1.165, 1.54) is 82.1 Å². The van der Waals surface area contributed by atoms with Gasteiger partial charge < -0.3 is 28.4 Å². The number of fused-ring (bicyclic) bond motifs is 1. The van der Waals surface area contributed by atoms with E-state index in [0.29, 0.717) is 11.7 Å². The molecule has 0 saturated carbocycles. The van der Waals surface area contributed by atoms with Crippen LogP contribution in [0.2, 0.25) is 0 Å². The van der Waals surface area contributed by atoms with E-state index in [4.69, 9.17) is 28.4 Å². The Morgan fingerprint density at radius 1 is 0.672 bits per heavy atom. The number of carbonyl (C=O) groups excluding carboxylic acids is 4. The van der Waals surface area contributed by atoms with Gasteiger partial charge in [0.1, 0.15) is 36.9 Å². The second-order valence-corrected chi connectivity index (χ2v) is 19.1. The molecule has 4 aromatic rings. The second kappa shape index (κ2) is 25.3. The largest absolute Gasteiger partial charge is 0.513 e. The van der Waals surface area contributed by atoms with E-state index in [1.807, 2.05) is 20.8 Å². The van der Waals surface area contributed by atoms with Gasteiger partial charge in [-0.2, -0.15) is 0 Å². The summed E-state index contributed by atoms with van der Waals surface area (Å²) in [4.78, 5) is 65.0. The third kappa shape index (κ3) is 15.6. The Labute approximate surface area is 397 Å². The molecule has 1 aliphatic heterocycles. The summed E-state index contributed by atoms with van der Waals surface area (Å²) in [6, 6.07) is 9.39. The Balaban J connectivity index is 1.23. The lowest BCUT2D eigenvalue weighted by Gasteiger charge is -2.38. The molecule has 0 spiro atoms. The van der Waals surface area contributed by atoms with Gasteiger partial charge >= 0.3 is 24.1 Å². The fourth-order valence-electron chi connectivity index (χ4n) is 8.45. The predicted molar refractivity (Wildman–Crippen MR) is 255 cm³/mol. The Morgan fingerprint density at radius 3 is 1.61 bits per heavy atom. The van der Waals surface area contributed by atoms with E-state index in [0.717, 1.165) is 65.5 Å². The Hall–Kier alpha value is -5.85. The van der Waals surface area contributed by atoms with E-state index < -0.39 is 49.3 Å². The molecule has 67 heavy (non-hydrogen) atoms. The molecule has 13 nitrogen and oxygen atoms in total. The molecule has 4 atom stereocenters. The van der Waals surface area contributed by atoms with Crippen molar-refractivity contribution in [3.05, 3.63) is 113 Å². The van der Waals surface area contributed by atoms with Crippen molar-refractivity contribution >= 4 is 24.1 Å². The maximum atomic E-state index is 13.5. The van der Waals surface area contributed by atoms with Gasteiger partial charge in [0.2, 0.25) is 0 Å². The van der Waals surface area contributed by atoms with Gasteiger partial charge in [-0.1, -0.05) is 72.6 Å². The van der Waals surface area contributed by atoms with Crippen LogP contribution in [-0.2, 0) is 25.4 Å². The zero-order chi connectivity index (χ0) is 48.4. The zero-order valence-electron chi connectivity index (χ0n) is 40.9. The minimum atomic E-state index is -1.39. The van der Waals surface area contributed by atoms with Crippen LogP contribution in [0.15, 0.2) is 73.6 Å². The number of aromatic nitrogens is 3. The second-order valence-electron chi connectivity index (χ2n) is 19.1. The van der Waals surface area contributed by atoms with E-state index in [-0.39, 0.29) is 35.3 Å². The predicted octanol–water partition coefficient (Wildman–Crippen LogP) is 11.8. The molecule has 0 bridgehead atoms. The van der Waals surface area contributed by atoms with Gasteiger partial charge in [0.05, 0.1) is 28.7 Å². The zero-order valence-corrected chi connectivity index (χ0v) is 40.9. The molecule has 0 fully saturated rings. The minimum absolute atomic E-state index is 0.0765.